The third-order valence-corrected chi connectivity index (χ3v) is 1.48. The molecule has 0 bridgehead atoms. The first-order chi connectivity index (χ1) is 5.31. The lowest BCUT2D eigenvalue weighted by Crippen LogP contribution is -2.07. The first kappa shape index (κ1) is 10.6. The molecule has 0 aliphatic rings. The Morgan fingerprint density at radius 2 is 2.09 bits per heavy atom. The maximum atomic E-state index is 10.9. The minimum absolute atomic E-state index is 0.267. The number of nitrogens with two attached hydrogens (primary N) is 1. The van der Waals surface area contributed by atoms with E-state index in [-0.39, 0.29) is 5.78 Å². The average Bonchev–Trinajstić information content (AvgIpc) is 1.99. The minimum Gasteiger partial charge on any atom is -0.385 e. The molecule has 0 saturated heterocycles. The second-order valence-corrected chi connectivity index (χ2v) is 2.53. The lowest BCUT2D eigenvalue weighted by molar-refractivity contribution is -0.119. The van der Waals surface area contributed by atoms with Crippen LogP contribution in [0.15, 0.2) is 0 Å². The highest BCUT2D eigenvalue weighted by Gasteiger charge is 1.98. The highest BCUT2D eigenvalue weighted by Crippen LogP contribution is 1.98. The molecule has 66 valence electrons. The molecule has 0 rings (SSSR count). The predicted molar refractivity (Wildman–Crippen MR) is 44.4 cm³/mol. The fourth-order valence-electron chi connectivity index (χ4n) is 0.855. The van der Waals surface area contributed by atoms with Crippen molar-refractivity contribution in [3.05, 3.63) is 0 Å². The zero-order chi connectivity index (χ0) is 8.53. The smallest absolute Gasteiger partial charge is 0.134 e. The van der Waals surface area contributed by atoms with Gasteiger partial charge in [0.05, 0.1) is 0 Å². The summed E-state index contributed by atoms with van der Waals surface area (Å²) in [6, 6.07) is 0. The van der Waals surface area contributed by atoms with Crippen LogP contribution in [-0.2, 0) is 9.53 Å². The fraction of sp³-hybridized carbons (Fsp3) is 0.875. The zero-order valence-corrected chi connectivity index (χ0v) is 7.14. The molecule has 3 heteroatoms. The van der Waals surface area contributed by atoms with Crippen LogP contribution in [-0.4, -0.2) is 26.0 Å². The summed E-state index contributed by atoms with van der Waals surface area (Å²) in [5.41, 5.74) is 5.21. The molecule has 11 heavy (non-hydrogen) atoms. The predicted octanol–water partition coefficient (Wildman–Crippen LogP) is 0.721. The van der Waals surface area contributed by atoms with E-state index < -0.39 is 0 Å². The van der Waals surface area contributed by atoms with Gasteiger partial charge in [0.15, 0.2) is 0 Å². The molecule has 0 fully saturated rings. The summed E-state index contributed by atoms with van der Waals surface area (Å²) in [7, 11) is 1.67. The van der Waals surface area contributed by atoms with Crippen LogP contribution in [0.1, 0.15) is 25.7 Å². The first-order valence-corrected chi connectivity index (χ1v) is 4.02. The molecule has 2 N–H and O–H groups in total. The van der Waals surface area contributed by atoms with Crippen molar-refractivity contribution in [3.8, 4) is 0 Å². The van der Waals surface area contributed by atoms with Crippen molar-refractivity contribution >= 4 is 5.78 Å². The van der Waals surface area contributed by atoms with Crippen LogP contribution in [0, 0.1) is 0 Å². The van der Waals surface area contributed by atoms with Crippen molar-refractivity contribution in [2.24, 2.45) is 5.73 Å². The van der Waals surface area contributed by atoms with Crippen LogP contribution >= 0.6 is 0 Å². The number of hydrogen-bond donors (Lipinski definition) is 1. The number of hydrogen-bond acceptors (Lipinski definition) is 3. The first-order valence-electron chi connectivity index (χ1n) is 4.02. The van der Waals surface area contributed by atoms with Gasteiger partial charge in [0.1, 0.15) is 5.78 Å². The molecule has 0 atom stereocenters. The van der Waals surface area contributed by atoms with E-state index in [0.29, 0.717) is 19.4 Å². The zero-order valence-electron chi connectivity index (χ0n) is 7.14. The van der Waals surface area contributed by atoms with E-state index >= 15 is 0 Å². The van der Waals surface area contributed by atoms with E-state index in [4.69, 9.17) is 10.5 Å². The van der Waals surface area contributed by atoms with Gasteiger partial charge in [-0.3, -0.25) is 4.79 Å². The van der Waals surface area contributed by atoms with Crippen molar-refractivity contribution in [1.82, 2.24) is 0 Å². The van der Waals surface area contributed by atoms with Crippen LogP contribution in [0.3, 0.4) is 0 Å². The highest BCUT2D eigenvalue weighted by molar-refractivity contribution is 5.78. The van der Waals surface area contributed by atoms with Gasteiger partial charge < -0.3 is 10.5 Å². The molecule has 0 aliphatic heterocycles. The van der Waals surface area contributed by atoms with Crippen molar-refractivity contribution in [2.45, 2.75) is 25.7 Å². The van der Waals surface area contributed by atoms with Gasteiger partial charge in [-0.05, 0) is 19.4 Å². The van der Waals surface area contributed by atoms with Crippen LogP contribution in [0.25, 0.3) is 0 Å². The molecular formula is C8H17NO2. The summed E-state index contributed by atoms with van der Waals surface area (Å²) >= 11 is 0. The lowest BCUT2D eigenvalue weighted by Gasteiger charge is -1.98. The van der Waals surface area contributed by atoms with Gasteiger partial charge in [0.2, 0.25) is 0 Å². The summed E-state index contributed by atoms with van der Waals surface area (Å²) in [6.07, 6.45) is 3.06. The molecule has 0 aromatic rings. The third-order valence-electron chi connectivity index (χ3n) is 1.48. The Hall–Kier alpha value is -0.410. The molecule has 3 nitrogen and oxygen atoms in total. The number of unbranched alkanes of at least 4 members (excludes halogenated alkanes) is 1. The van der Waals surface area contributed by atoms with Crippen LogP contribution in [0.4, 0.5) is 0 Å². The molecular weight excluding hydrogens is 142 g/mol. The van der Waals surface area contributed by atoms with Crippen molar-refractivity contribution in [1.29, 1.82) is 0 Å². The maximum absolute atomic E-state index is 10.9. The Morgan fingerprint density at radius 1 is 1.36 bits per heavy atom. The summed E-state index contributed by atoms with van der Waals surface area (Å²) in [5, 5.41) is 0. The summed E-state index contributed by atoms with van der Waals surface area (Å²) in [6.45, 7) is 1.22. The number of methoxy groups -OCH3 is 1. The maximum Gasteiger partial charge on any atom is 0.134 e. The minimum atomic E-state index is 0.267. The highest BCUT2D eigenvalue weighted by atomic mass is 16.5. The number of Topliss-reactive ketones (excluding diaryl/α,β-unsaturated/α-hetero) is 1. The van der Waals surface area contributed by atoms with Gasteiger partial charge in [-0.2, -0.15) is 0 Å². The molecule has 0 aliphatic carbocycles. The monoisotopic (exact) mass is 159 g/mol. The van der Waals surface area contributed by atoms with E-state index in [0.717, 1.165) is 19.4 Å². The molecule has 0 radical (unpaired) electrons. The fourth-order valence-corrected chi connectivity index (χ4v) is 0.855. The van der Waals surface area contributed by atoms with Crippen LogP contribution < -0.4 is 5.73 Å². The Bertz CT molecular complexity index is 104. The van der Waals surface area contributed by atoms with Crippen molar-refractivity contribution < 1.29 is 9.53 Å². The lowest BCUT2D eigenvalue weighted by atomic mass is 10.1. The van der Waals surface area contributed by atoms with Gasteiger partial charge in [0, 0.05) is 26.6 Å². The Kier molecular flexibility index (Phi) is 7.41. The average molecular weight is 159 g/mol. The van der Waals surface area contributed by atoms with Gasteiger partial charge in [0.25, 0.3) is 0 Å². The standard InChI is InChI=1S/C8H17NO2/c1-11-7-3-2-4-8(10)5-6-9/h2-7,9H2,1H3. The van der Waals surface area contributed by atoms with Crippen molar-refractivity contribution in [3.63, 3.8) is 0 Å². The number of rotatable bonds is 7. The van der Waals surface area contributed by atoms with E-state index in [1.165, 1.54) is 0 Å². The number of carbonyl (C=O) groups excluding carboxylic acids is 1. The molecule has 0 amide bonds. The largest absolute Gasteiger partial charge is 0.385 e. The van der Waals surface area contributed by atoms with Gasteiger partial charge in [-0.15, -0.1) is 0 Å². The Morgan fingerprint density at radius 3 is 2.64 bits per heavy atom. The summed E-state index contributed by atoms with van der Waals surface area (Å²) in [5.74, 6) is 0.267. The molecule has 0 heterocycles. The van der Waals surface area contributed by atoms with E-state index in [1.54, 1.807) is 7.11 Å². The Labute approximate surface area is 67.9 Å². The quantitative estimate of drug-likeness (QED) is 0.557. The third kappa shape index (κ3) is 7.49. The molecule has 0 unspecified atom stereocenters. The summed E-state index contributed by atoms with van der Waals surface area (Å²) < 4.78 is 4.85. The Balaban J connectivity index is 3.04. The van der Waals surface area contributed by atoms with Gasteiger partial charge in [-0.25, -0.2) is 0 Å². The second-order valence-electron chi connectivity index (χ2n) is 2.53. The van der Waals surface area contributed by atoms with E-state index in [9.17, 15) is 4.79 Å². The summed E-state index contributed by atoms with van der Waals surface area (Å²) in [4.78, 5) is 10.9. The molecule has 0 saturated carbocycles. The normalized spacial score (nSPS) is 10.0. The molecule has 0 aromatic carbocycles. The van der Waals surface area contributed by atoms with Crippen molar-refractivity contribution in [2.75, 3.05) is 20.3 Å². The van der Waals surface area contributed by atoms with Gasteiger partial charge >= 0.3 is 0 Å². The number of carbonyl (C=O) groups is 1. The second kappa shape index (κ2) is 7.69. The molecule has 0 aromatic heterocycles. The topological polar surface area (TPSA) is 52.3 Å². The SMILES string of the molecule is COCCCCC(=O)CCN. The van der Waals surface area contributed by atoms with Gasteiger partial charge in [-0.1, -0.05) is 0 Å². The number of ether oxygens (including phenoxy) is 1. The van der Waals surface area contributed by atoms with Crippen LogP contribution in [0.5, 0.6) is 0 Å². The number of ketones is 1. The van der Waals surface area contributed by atoms with E-state index in [1.807, 2.05) is 0 Å². The van der Waals surface area contributed by atoms with Crippen LogP contribution in [0.2, 0.25) is 0 Å². The molecule has 0 spiro atoms. The van der Waals surface area contributed by atoms with E-state index in [2.05, 4.69) is 0 Å².